The maximum absolute atomic E-state index is 12.3. The van der Waals surface area contributed by atoms with E-state index in [9.17, 15) is 14.7 Å². The van der Waals surface area contributed by atoms with Crippen LogP contribution in [0.2, 0.25) is 0 Å². The smallest absolute Gasteiger partial charge is 0.410 e. The predicted octanol–water partition coefficient (Wildman–Crippen LogP) is 1.80. The fourth-order valence-corrected chi connectivity index (χ4v) is 3.18. The van der Waals surface area contributed by atoms with E-state index in [1.54, 1.807) is 4.90 Å². The van der Waals surface area contributed by atoms with Gasteiger partial charge in [-0.1, -0.05) is 30.3 Å². The lowest BCUT2D eigenvalue weighted by Gasteiger charge is -2.44. The summed E-state index contributed by atoms with van der Waals surface area (Å²) in [5.41, 5.74) is 0.923. The SMILES string of the molecule is O=C(O)[C@@H]1C[C@H](N2CCC2)CN(C(=O)OCc2ccccc2)C1. The molecule has 1 aromatic carbocycles. The molecule has 2 aliphatic rings. The Labute approximate surface area is 135 Å². The quantitative estimate of drug-likeness (QED) is 0.917. The van der Waals surface area contributed by atoms with E-state index in [-0.39, 0.29) is 19.2 Å². The molecule has 0 aromatic heterocycles. The van der Waals surface area contributed by atoms with Crippen LogP contribution in [0.1, 0.15) is 18.4 Å². The highest BCUT2D eigenvalue weighted by Gasteiger charge is 2.38. The number of rotatable bonds is 4. The molecule has 0 aliphatic carbocycles. The summed E-state index contributed by atoms with van der Waals surface area (Å²) in [5, 5.41) is 9.34. The third-order valence-corrected chi connectivity index (χ3v) is 4.65. The number of benzene rings is 1. The summed E-state index contributed by atoms with van der Waals surface area (Å²) in [6, 6.07) is 9.61. The monoisotopic (exact) mass is 318 g/mol. The zero-order valence-corrected chi connectivity index (χ0v) is 13.1. The number of amides is 1. The van der Waals surface area contributed by atoms with E-state index in [1.165, 1.54) is 0 Å². The molecule has 2 aliphatic heterocycles. The van der Waals surface area contributed by atoms with Crippen LogP contribution < -0.4 is 0 Å². The molecular weight excluding hydrogens is 296 g/mol. The second kappa shape index (κ2) is 7.00. The number of ether oxygens (including phenoxy) is 1. The minimum Gasteiger partial charge on any atom is -0.481 e. The summed E-state index contributed by atoms with van der Waals surface area (Å²) in [6.07, 6.45) is 1.33. The van der Waals surface area contributed by atoms with Crippen molar-refractivity contribution < 1.29 is 19.4 Å². The topological polar surface area (TPSA) is 70.1 Å². The molecule has 0 bridgehead atoms. The Bertz CT molecular complexity index is 559. The standard InChI is InChI=1S/C17H22N2O4/c20-16(21)14-9-15(18-7-4-8-18)11-19(10-14)17(22)23-12-13-5-2-1-3-6-13/h1-3,5-6,14-15H,4,7-12H2,(H,20,21)/t14-,15+/m1/s1. The Kier molecular flexibility index (Phi) is 4.81. The number of carbonyl (C=O) groups is 2. The fraction of sp³-hybridized carbons (Fsp3) is 0.529. The third kappa shape index (κ3) is 3.82. The van der Waals surface area contributed by atoms with Gasteiger partial charge in [-0.3, -0.25) is 9.69 Å². The van der Waals surface area contributed by atoms with Gasteiger partial charge in [0.1, 0.15) is 6.61 Å². The number of carboxylic acid groups (broad SMARTS) is 1. The van der Waals surface area contributed by atoms with Gasteiger partial charge in [0.15, 0.2) is 0 Å². The molecule has 2 fully saturated rings. The van der Waals surface area contributed by atoms with Crippen molar-refractivity contribution in [2.45, 2.75) is 25.5 Å². The van der Waals surface area contributed by atoms with Gasteiger partial charge in [0.2, 0.25) is 0 Å². The predicted molar refractivity (Wildman–Crippen MR) is 83.9 cm³/mol. The first-order valence-electron chi connectivity index (χ1n) is 8.06. The molecular formula is C17H22N2O4. The van der Waals surface area contributed by atoms with E-state index in [0.29, 0.717) is 13.0 Å². The van der Waals surface area contributed by atoms with Gasteiger partial charge in [-0.2, -0.15) is 0 Å². The highest BCUT2D eigenvalue weighted by molar-refractivity contribution is 5.73. The highest BCUT2D eigenvalue weighted by atomic mass is 16.6. The van der Waals surface area contributed by atoms with E-state index in [0.717, 1.165) is 25.1 Å². The molecule has 0 unspecified atom stereocenters. The van der Waals surface area contributed by atoms with Gasteiger partial charge in [-0.15, -0.1) is 0 Å². The van der Waals surface area contributed by atoms with Gasteiger partial charge in [-0.05, 0) is 31.5 Å². The molecule has 23 heavy (non-hydrogen) atoms. The lowest BCUT2D eigenvalue weighted by molar-refractivity contribution is -0.144. The van der Waals surface area contributed by atoms with Crippen molar-refractivity contribution in [2.24, 2.45) is 5.92 Å². The maximum Gasteiger partial charge on any atom is 0.410 e. The Morgan fingerprint density at radius 3 is 2.52 bits per heavy atom. The zero-order valence-electron chi connectivity index (χ0n) is 13.1. The number of hydrogen-bond donors (Lipinski definition) is 1. The average Bonchev–Trinajstić information content (AvgIpc) is 2.51. The number of aliphatic carboxylic acids is 1. The van der Waals surface area contributed by atoms with E-state index < -0.39 is 18.0 Å². The van der Waals surface area contributed by atoms with Crippen molar-refractivity contribution in [3.8, 4) is 0 Å². The van der Waals surface area contributed by atoms with Crippen LogP contribution in [0.25, 0.3) is 0 Å². The van der Waals surface area contributed by atoms with Gasteiger partial charge in [-0.25, -0.2) is 4.79 Å². The third-order valence-electron chi connectivity index (χ3n) is 4.65. The average molecular weight is 318 g/mol. The second-order valence-corrected chi connectivity index (χ2v) is 6.26. The largest absolute Gasteiger partial charge is 0.481 e. The van der Waals surface area contributed by atoms with Crippen LogP contribution in [-0.4, -0.2) is 59.2 Å². The first-order chi connectivity index (χ1) is 11.1. The first-order valence-corrected chi connectivity index (χ1v) is 8.06. The van der Waals surface area contributed by atoms with E-state index >= 15 is 0 Å². The summed E-state index contributed by atoms with van der Waals surface area (Å²) < 4.78 is 5.35. The molecule has 3 rings (SSSR count). The lowest BCUT2D eigenvalue weighted by Crippen LogP contribution is -2.57. The molecule has 2 saturated heterocycles. The van der Waals surface area contributed by atoms with Crippen LogP contribution in [0.15, 0.2) is 30.3 Å². The van der Waals surface area contributed by atoms with Crippen molar-refractivity contribution in [2.75, 3.05) is 26.2 Å². The number of carboxylic acids is 1. The molecule has 2 heterocycles. The summed E-state index contributed by atoms with van der Waals surface area (Å²) >= 11 is 0. The molecule has 1 N–H and O–H groups in total. The summed E-state index contributed by atoms with van der Waals surface area (Å²) in [4.78, 5) is 27.5. The van der Waals surface area contributed by atoms with E-state index in [4.69, 9.17) is 4.74 Å². The fourth-order valence-electron chi connectivity index (χ4n) is 3.18. The number of carbonyl (C=O) groups excluding carboxylic acids is 1. The molecule has 0 radical (unpaired) electrons. The first kappa shape index (κ1) is 15.8. The number of nitrogens with zero attached hydrogens (tertiary/aromatic N) is 2. The van der Waals surface area contributed by atoms with Crippen LogP contribution in [0.4, 0.5) is 4.79 Å². The lowest BCUT2D eigenvalue weighted by atomic mass is 9.92. The molecule has 1 aromatic rings. The van der Waals surface area contributed by atoms with Gasteiger partial charge in [0.25, 0.3) is 0 Å². The molecule has 0 saturated carbocycles. The van der Waals surface area contributed by atoms with Crippen LogP contribution in [0.5, 0.6) is 0 Å². The minimum atomic E-state index is -0.837. The van der Waals surface area contributed by atoms with Gasteiger partial charge >= 0.3 is 12.1 Å². The number of likely N-dealkylation sites (tertiary alicyclic amines) is 2. The van der Waals surface area contributed by atoms with Gasteiger partial charge in [0.05, 0.1) is 5.92 Å². The Balaban J connectivity index is 1.59. The van der Waals surface area contributed by atoms with Crippen molar-refractivity contribution in [3.63, 3.8) is 0 Å². The van der Waals surface area contributed by atoms with Gasteiger partial charge in [0, 0.05) is 19.1 Å². The summed E-state index contributed by atoms with van der Waals surface area (Å²) in [7, 11) is 0. The van der Waals surface area contributed by atoms with Crippen molar-refractivity contribution >= 4 is 12.1 Å². The Morgan fingerprint density at radius 2 is 1.91 bits per heavy atom. The number of piperidine rings is 1. The minimum absolute atomic E-state index is 0.128. The van der Waals surface area contributed by atoms with E-state index in [2.05, 4.69) is 4.90 Å². The van der Waals surface area contributed by atoms with Crippen molar-refractivity contribution in [1.82, 2.24) is 9.80 Å². The summed E-state index contributed by atoms with van der Waals surface area (Å²) in [5.74, 6) is -1.35. The summed E-state index contributed by atoms with van der Waals surface area (Å²) in [6.45, 7) is 2.97. The van der Waals surface area contributed by atoms with Crippen LogP contribution in [0.3, 0.4) is 0 Å². The van der Waals surface area contributed by atoms with Crippen molar-refractivity contribution in [1.29, 1.82) is 0 Å². The maximum atomic E-state index is 12.3. The van der Waals surface area contributed by atoms with Crippen LogP contribution >= 0.6 is 0 Å². The van der Waals surface area contributed by atoms with Crippen LogP contribution in [-0.2, 0) is 16.1 Å². The highest BCUT2D eigenvalue weighted by Crippen LogP contribution is 2.25. The molecule has 6 nitrogen and oxygen atoms in total. The Morgan fingerprint density at radius 1 is 1.17 bits per heavy atom. The molecule has 0 spiro atoms. The van der Waals surface area contributed by atoms with Gasteiger partial charge < -0.3 is 14.7 Å². The molecule has 6 heteroatoms. The molecule has 2 atom stereocenters. The zero-order chi connectivity index (χ0) is 16.2. The number of hydrogen-bond acceptors (Lipinski definition) is 4. The van der Waals surface area contributed by atoms with Crippen LogP contribution in [0, 0.1) is 5.92 Å². The van der Waals surface area contributed by atoms with Crippen molar-refractivity contribution in [3.05, 3.63) is 35.9 Å². The molecule has 124 valence electrons. The normalized spacial score (nSPS) is 24.8. The molecule has 1 amide bonds. The second-order valence-electron chi connectivity index (χ2n) is 6.26. The Hall–Kier alpha value is -2.08. The van der Waals surface area contributed by atoms with E-state index in [1.807, 2.05) is 30.3 Å².